The molecule has 0 saturated heterocycles. The number of benzene rings is 2. The number of carbonyl (C=O) groups excluding carboxylic acids is 1. The first-order chi connectivity index (χ1) is 13.1. The summed E-state index contributed by atoms with van der Waals surface area (Å²) in [5, 5.41) is 2.96. The number of likely N-dealkylation sites (N-methyl/N-ethyl adjacent to an activating group) is 1. The average Bonchev–Trinajstić information content (AvgIpc) is 3.15. The number of amides is 1. The number of quaternary nitrogens is 1. The van der Waals surface area contributed by atoms with Gasteiger partial charge in [-0.05, 0) is 37.3 Å². The number of hydrogen-bond donors (Lipinski definition) is 2. The van der Waals surface area contributed by atoms with Crippen molar-refractivity contribution in [3.05, 3.63) is 42.0 Å². The molecule has 0 spiro atoms. The van der Waals surface area contributed by atoms with Crippen LogP contribution in [0.4, 0.5) is 5.69 Å². The van der Waals surface area contributed by atoms with Crippen LogP contribution in [-0.2, 0) is 11.3 Å². The van der Waals surface area contributed by atoms with Crippen LogP contribution in [-0.4, -0.2) is 39.0 Å². The molecule has 2 N–H and O–H groups in total. The Kier molecular flexibility index (Phi) is 4.77. The van der Waals surface area contributed by atoms with Gasteiger partial charge in [-0.3, -0.25) is 4.79 Å². The van der Waals surface area contributed by atoms with E-state index in [0.29, 0.717) is 36.9 Å². The lowest BCUT2D eigenvalue weighted by atomic mass is 10.1. The van der Waals surface area contributed by atoms with Gasteiger partial charge in [-0.25, -0.2) is 0 Å². The van der Waals surface area contributed by atoms with Crippen molar-refractivity contribution >= 4 is 11.6 Å². The maximum atomic E-state index is 12.7. The molecule has 2 aromatic carbocycles. The summed E-state index contributed by atoms with van der Waals surface area (Å²) >= 11 is 0. The van der Waals surface area contributed by atoms with Crippen LogP contribution in [0, 0.1) is 0 Å². The Morgan fingerprint density at radius 1 is 1.00 bits per heavy atom. The molecule has 2 aliphatic rings. The second kappa shape index (κ2) is 7.36. The third kappa shape index (κ3) is 3.78. The van der Waals surface area contributed by atoms with E-state index in [-0.39, 0.29) is 18.7 Å². The van der Waals surface area contributed by atoms with E-state index in [1.807, 2.05) is 44.3 Å². The maximum Gasteiger partial charge on any atom is 0.282 e. The number of carbonyl (C=O) groups is 1. The highest BCUT2D eigenvalue weighted by atomic mass is 16.7. The van der Waals surface area contributed by atoms with Crippen LogP contribution >= 0.6 is 0 Å². The summed E-state index contributed by atoms with van der Waals surface area (Å²) in [5.74, 6) is 2.84. The molecule has 142 valence electrons. The second-order valence-corrected chi connectivity index (χ2v) is 6.78. The normalized spacial score (nSPS) is 16.5. The van der Waals surface area contributed by atoms with Crippen LogP contribution in [0.25, 0.3) is 0 Å². The van der Waals surface area contributed by atoms with Crippen LogP contribution in [0.1, 0.15) is 12.5 Å². The standard InChI is InChI=1S/C20H22N2O5/c1-13(22(2)11-14-3-5-17-18(9-14)27-12-26-17)20(23)21-15-4-6-16-19(10-15)25-8-7-24-16/h3-6,9-10,13H,7-8,11-12H2,1-2H3,(H,21,23)/p+1/t13-/m0/s1. The highest BCUT2D eigenvalue weighted by Gasteiger charge is 2.24. The first-order valence-corrected chi connectivity index (χ1v) is 9.01. The fraction of sp³-hybridized carbons (Fsp3) is 0.350. The summed E-state index contributed by atoms with van der Waals surface area (Å²) in [6.45, 7) is 3.94. The number of rotatable bonds is 5. The van der Waals surface area contributed by atoms with Gasteiger partial charge in [-0.1, -0.05) is 0 Å². The number of nitrogens with one attached hydrogen (secondary N) is 2. The van der Waals surface area contributed by atoms with E-state index in [1.54, 1.807) is 6.07 Å². The van der Waals surface area contributed by atoms with E-state index in [0.717, 1.165) is 22.0 Å². The molecule has 7 nitrogen and oxygen atoms in total. The molecule has 0 aromatic heterocycles. The molecule has 0 aliphatic carbocycles. The van der Waals surface area contributed by atoms with Crippen LogP contribution in [0.5, 0.6) is 23.0 Å². The van der Waals surface area contributed by atoms with Gasteiger partial charge in [0.2, 0.25) is 6.79 Å². The minimum Gasteiger partial charge on any atom is -0.486 e. The van der Waals surface area contributed by atoms with Gasteiger partial charge < -0.3 is 29.2 Å². The van der Waals surface area contributed by atoms with Crippen LogP contribution in [0.15, 0.2) is 36.4 Å². The van der Waals surface area contributed by atoms with Gasteiger partial charge in [0.1, 0.15) is 19.8 Å². The third-order valence-electron chi connectivity index (χ3n) is 4.86. The van der Waals surface area contributed by atoms with Crippen molar-refractivity contribution in [1.82, 2.24) is 0 Å². The van der Waals surface area contributed by atoms with Gasteiger partial charge in [0, 0.05) is 17.3 Å². The molecule has 0 saturated carbocycles. The maximum absolute atomic E-state index is 12.7. The molecule has 4 rings (SSSR count). The predicted octanol–water partition coefficient (Wildman–Crippen LogP) is 1.23. The van der Waals surface area contributed by atoms with E-state index in [9.17, 15) is 4.79 Å². The Hall–Kier alpha value is -2.93. The molecule has 2 aromatic rings. The second-order valence-electron chi connectivity index (χ2n) is 6.78. The molecule has 2 aliphatic heterocycles. The highest BCUT2D eigenvalue weighted by molar-refractivity contribution is 5.93. The van der Waals surface area contributed by atoms with Gasteiger partial charge in [0.05, 0.1) is 7.05 Å². The SMILES string of the molecule is C[C@@H](C(=O)Nc1ccc2c(c1)OCCO2)[NH+](C)Cc1ccc2c(c1)OCO2. The zero-order valence-corrected chi connectivity index (χ0v) is 15.4. The number of anilines is 1. The molecule has 7 heteroatoms. The Bertz CT molecular complexity index is 854. The molecule has 0 bridgehead atoms. The Morgan fingerprint density at radius 3 is 2.52 bits per heavy atom. The minimum absolute atomic E-state index is 0.0510. The first kappa shape index (κ1) is 17.5. The van der Waals surface area contributed by atoms with Crippen molar-refractivity contribution in [1.29, 1.82) is 0 Å². The largest absolute Gasteiger partial charge is 0.486 e. The van der Waals surface area contributed by atoms with Gasteiger partial charge in [0.25, 0.3) is 5.91 Å². The van der Waals surface area contributed by atoms with E-state index in [4.69, 9.17) is 18.9 Å². The number of hydrogen-bond acceptors (Lipinski definition) is 5. The lowest BCUT2D eigenvalue weighted by molar-refractivity contribution is -0.907. The first-order valence-electron chi connectivity index (χ1n) is 9.01. The molecule has 2 atom stereocenters. The zero-order valence-electron chi connectivity index (χ0n) is 15.4. The number of ether oxygens (including phenoxy) is 4. The quantitative estimate of drug-likeness (QED) is 0.827. The van der Waals surface area contributed by atoms with Crippen LogP contribution < -0.4 is 29.2 Å². The van der Waals surface area contributed by atoms with E-state index in [1.165, 1.54) is 0 Å². The molecular formula is C20H23N2O5+. The van der Waals surface area contributed by atoms with Crippen molar-refractivity contribution in [2.45, 2.75) is 19.5 Å². The van der Waals surface area contributed by atoms with Crippen molar-refractivity contribution in [2.24, 2.45) is 0 Å². The average molecular weight is 371 g/mol. The van der Waals surface area contributed by atoms with Crippen LogP contribution in [0.3, 0.4) is 0 Å². The molecule has 1 unspecified atom stereocenters. The summed E-state index contributed by atoms with van der Waals surface area (Å²) < 4.78 is 21.8. The summed E-state index contributed by atoms with van der Waals surface area (Å²) in [6, 6.07) is 11.1. The minimum atomic E-state index is -0.233. The zero-order chi connectivity index (χ0) is 18.8. The Labute approximate surface area is 157 Å². The Morgan fingerprint density at radius 2 is 1.67 bits per heavy atom. The molecule has 1 amide bonds. The van der Waals surface area contributed by atoms with Gasteiger partial charge in [-0.15, -0.1) is 0 Å². The molecule has 2 heterocycles. The van der Waals surface area contributed by atoms with Crippen molar-refractivity contribution in [3.8, 4) is 23.0 Å². The topological polar surface area (TPSA) is 70.5 Å². The summed E-state index contributed by atoms with van der Waals surface area (Å²) in [5.41, 5.74) is 1.79. The molecule has 27 heavy (non-hydrogen) atoms. The van der Waals surface area contributed by atoms with Gasteiger partial charge in [0.15, 0.2) is 29.0 Å². The van der Waals surface area contributed by atoms with Gasteiger partial charge >= 0.3 is 0 Å². The summed E-state index contributed by atoms with van der Waals surface area (Å²) in [7, 11) is 2.00. The van der Waals surface area contributed by atoms with Crippen LogP contribution in [0.2, 0.25) is 0 Å². The fourth-order valence-electron chi connectivity index (χ4n) is 3.12. The predicted molar refractivity (Wildman–Crippen MR) is 98.7 cm³/mol. The lowest BCUT2D eigenvalue weighted by Crippen LogP contribution is -3.12. The van der Waals surface area contributed by atoms with Crippen molar-refractivity contribution < 1.29 is 28.6 Å². The van der Waals surface area contributed by atoms with E-state index < -0.39 is 0 Å². The molecule has 0 fully saturated rings. The lowest BCUT2D eigenvalue weighted by Gasteiger charge is -2.22. The van der Waals surface area contributed by atoms with E-state index >= 15 is 0 Å². The van der Waals surface area contributed by atoms with Gasteiger partial charge in [-0.2, -0.15) is 0 Å². The highest BCUT2D eigenvalue weighted by Crippen LogP contribution is 2.33. The molecular weight excluding hydrogens is 348 g/mol. The summed E-state index contributed by atoms with van der Waals surface area (Å²) in [4.78, 5) is 13.7. The monoisotopic (exact) mass is 371 g/mol. The summed E-state index contributed by atoms with van der Waals surface area (Å²) in [6.07, 6.45) is 0. The smallest absolute Gasteiger partial charge is 0.282 e. The van der Waals surface area contributed by atoms with Crippen molar-refractivity contribution in [2.75, 3.05) is 32.4 Å². The molecule has 0 radical (unpaired) electrons. The Balaban J connectivity index is 1.38. The van der Waals surface area contributed by atoms with E-state index in [2.05, 4.69) is 5.32 Å². The number of fused-ring (bicyclic) bond motifs is 2. The fourth-order valence-corrected chi connectivity index (χ4v) is 3.12. The van der Waals surface area contributed by atoms with Crippen molar-refractivity contribution in [3.63, 3.8) is 0 Å². The third-order valence-corrected chi connectivity index (χ3v) is 4.86.